The lowest BCUT2D eigenvalue weighted by Crippen LogP contribution is -2.14. The smallest absolute Gasteiger partial charge is 0.357 e. The van der Waals surface area contributed by atoms with Gasteiger partial charge in [-0.15, -0.1) is 0 Å². The van der Waals surface area contributed by atoms with Crippen LogP contribution in [0, 0.1) is 0 Å². The quantitative estimate of drug-likeness (QED) is 0.712. The van der Waals surface area contributed by atoms with Crippen LogP contribution in [0.25, 0.3) is 0 Å². The first-order chi connectivity index (χ1) is 7.58. The number of fused-ring (bicyclic) bond motifs is 1. The third-order valence-electron chi connectivity index (χ3n) is 2.06. The summed E-state index contributed by atoms with van der Waals surface area (Å²) in [6.45, 7) is 0. The Hall–Kier alpha value is -1.79. The van der Waals surface area contributed by atoms with Gasteiger partial charge < -0.3 is 4.18 Å². The summed E-state index contributed by atoms with van der Waals surface area (Å²) in [5, 5.41) is 0. The van der Waals surface area contributed by atoms with Crippen LogP contribution >= 0.6 is 0 Å². The molecule has 0 saturated heterocycles. The van der Waals surface area contributed by atoms with E-state index in [-0.39, 0.29) is 11.5 Å². The minimum absolute atomic E-state index is 0.206. The highest BCUT2D eigenvalue weighted by Gasteiger charge is 2.24. The monoisotopic (exact) mass is 238 g/mol. The average molecular weight is 238 g/mol. The zero-order chi connectivity index (χ0) is 11.7. The summed E-state index contributed by atoms with van der Waals surface area (Å²) in [7, 11) is 0. The van der Waals surface area contributed by atoms with Crippen molar-refractivity contribution in [1.82, 2.24) is 0 Å². The van der Waals surface area contributed by atoms with Crippen molar-refractivity contribution >= 4 is 22.9 Å². The SMILES string of the molecule is O=C1C=CC2=C(OS(=O)O)C(=O)C=CC2=C1. The van der Waals surface area contributed by atoms with Gasteiger partial charge in [0.15, 0.2) is 11.5 Å². The fourth-order valence-corrected chi connectivity index (χ4v) is 1.73. The van der Waals surface area contributed by atoms with Gasteiger partial charge in [0, 0.05) is 5.57 Å². The van der Waals surface area contributed by atoms with Gasteiger partial charge in [0.05, 0.1) is 0 Å². The van der Waals surface area contributed by atoms with E-state index in [9.17, 15) is 13.8 Å². The molecule has 82 valence electrons. The van der Waals surface area contributed by atoms with Gasteiger partial charge in [-0.1, -0.05) is 6.08 Å². The van der Waals surface area contributed by atoms with Gasteiger partial charge in [-0.2, -0.15) is 4.21 Å². The van der Waals surface area contributed by atoms with Gasteiger partial charge in [-0.05, 0) is 29.9 Å². The van der Waals surface area contributed by atoms with Gasteiger partial charge >= 0.3 is 11.4 Å². The summed E-state index contributed by atoms with van der Waals surface area (Å²) in [5.41, 5.74) is 0.835. The summed E-state index contributed by atoms with van der Waals surface area (Å²) >= 11 is -2.57. The van der Waals surface area contributed by atoms with Crippen molar-refractivity contribution in [3.63, 3.8) is 0 Å². The third kappa shape index (κ3) is 1.93. The summed E-state index contributed by atoms with van der Waals surface area (Å²) in [4.78, 5) is 22.5. The minimum atomic E-state index is -2.57. The predicted octanol–water partition coefficient (Wildman–Crippen LogP) is 0.598. The molecule has 16 heavy (non-hydrogen) atoms. The molecule has 0 aliphatic heterocycles. The van der Waals surface area contributed by atoms with Crippen LogP contribution in [0.5, 0.6) is 0 Å². The van der Waals surface area contributed by atoms with Crippen molar-refractivity contribution in [3.05, 3.63) is 47.3 Å². The fourth-order valence-electron chi connectivity index (χ4n) is 1.42. The van der Waals surface area contributed by atoms with E-state index >= 15 is 0 Å². The Labute approximate surface area is 93.3 Å². The molecule has 1 N–H and O–H groups in total. The molecule has 1 unspecified atom stereocenters. The number of carbonyl (C=O) groups excluding carboxylic acids is 2. The van der Waals surface area contributed by atoms with E-state index in [2.05, 4.69) is 4.18 Å². The van der Waals surface area contributed by atoms with Crippen molar-refractivity contribution in [2.45, 2.75) is 0 Å². The van der Waals surface area contributed by atoms with E-state index in [1.165, 1.54) is 30.4 Å². The minimum Gasteiger partial charge on any atom is -0.375 e. The molecule has 0 fully saturated rings. The Morgan fingerprint density at radius 1 is 1.12 bits per heavy atom. The average Bonchev–Trinajstić information content (AvgIpc) is 2.22. The van der Waals surface area contributed by atoms with Crippen LogP contribution < -0.4 is 0 Å². The number of hydrogen-bond acceptors (Lipinski definition) is 4. The Kier molecular flexibility index (Phi) is 2.67. The molecule has 0 bridgehead atoms. The summed E-state index contributed by atoms with van der Waals surface area (Å²) in [6, 6.07) is 0. The molecule has 0 amide bonds. The molecule has 0 radical (unpaired) electrons. The topological polar surface area (TPSA) is 80.7 Å². The standard InChI is InChI=1S/C10H6O5S/c11-7-2-3-8-6(5-7)1-4-9(12)10(8)15-16(13)14/h1-5H,(H,13,14). The maximum Gasteiger partial charge on any atom is 0.357 e. The molecule has 2 aliphatic rings. The van der Waals surface area contributed by atoms with Crippen molar-refractivity contribution in [2.75, 3.05) is 0 Å². The molecule has 0 spiro atoms. The lowest BCUT2D eigenvalue weighted by atomic mass is 9.92. The van der Waals surface area contributed by atoms with Gasteiger partial charge in [0.1, 0.15) is 0 Å². The number of hydrogen-bond donors (Lipinski definition) is 1. The van der Waals surface area contributed by atoms with E-state index in [1.807, 2.05) is 0 Å². The Bertz CT molecular complexity index is 521. The number of ketones is 2. The number of rotatable bonds is 2. The molecule has 2 rings (SSSR count). The predicted molar refractivity (Wildman–Crippen MR) is 55.3 cm³/mol. The summed E-state index contributed by atoms with van der Waals surface area (Å²) in [6.07, 6.45) is 6.62. The van der Waals surface area contributed by atoms with E-state index in [0.717, 1.165) is 0 Å². The van der Waals surface area contributed by atoms with Crippen molar-refractivity contribution in [3.8, 4) is 0 Å². The van der Waals surface area contributed by atoms with Crippen LogP contribution in [0.3, 0.4) is 0 Å². The zero-order valence-corrected chi connectivity index (χ0v) is 8.69. The van der Waals surface area contributed by atoms with E-state index in [0.29, 0.717) is 11.1 Å². The second-order valence-electron chi connectivity index (χ2n) is 3.08. The van der Waals surface area contributed by atoms with Gasteiger partial charge in [-0.25, -0.2) is 0 Å². The molecule has 1 atom stereocenters. The zero-order valence-electron chi connectivity index (χ0n) is 7.88. The van der Waals surface area contributed by atoms with Crippen LogP contribution in [0.1, 0.15) is 0 Å². The third-order valence-corrected chi connectivity index (χ3v) is 2.37. The molecule has 0 heterocycles. The Morgan fingerprint density at radius 3 is 2.56 bits per heavy atom. The second kappa shape index (κ2) is 3.99. The molecule has 5 nitrogen and oxygen atoms in total. The number of allylic oxidation sites excluding steroid dienone is 7. The first-order valence-corrected chi connectivity index (χ1v) is 5.31. The van der Waals surface area contributed by atoms with E-state index in [1.54, 1.807) is 0 Å². The molecular weight excluding hydrogens is 232 g/mol. The van der Waals surface area contributed by atoms with Crippen LogP contribution in [0.15, 0.2) is 47.3 Å². The second-order valence-corrected chi connectivity index (χ2v) is 3.68. The lowest BCUT2D eigenvalue weighted by molar-refractivity contribution is -0.113. The Morgan fingerprint density at radius 2 is 1.88 bits per heavy atom. The molecule has 6 heteroatoms. The number of carbonyl (C=O) groups is 2. The molecule has 0 aromatic carbocycles. The first kappa shape index (κ1) is 10.7. The highest BCUT2D eigenvalue weighted by atomic mass is 32.2. The maximum atomic E-state index is 11.4. The highest BCUT2D eigenvalue weighted by molar-refractivity contribution is 7.74. The van der Waals surface area contributed by atoms with Crippen LogP contribution in [-0.4, -0.2) is 20.3 Å². The Balaban J connectivity index is 2.49. The maximum absolute atomic E-state index is 11.4. The van der Waals surface area contributed by atoms with E-state index in [4.69, 9.17) is 4.55 Å². The van der Waals surface area contributed by atoms with E-state index < -0.39 is 17.1 Å². The molecule has 2 aliphatic carbocycles. The molecule has 0 aromatic rings. The van der Waals surface area contributed by atoms with Crippen LogP contribution in [-0.2, 0) is 25.1 Å². The van der Waals surface area contributed by atoms with Crippen molar-refractivity contribution in [1.29, 1.82) is 0 Å². The summed E-state index contributed by atoms with van der Waals surface area (Å²) < 4.78 is 23.6. The van der Waals surface area contributed by atoms with Crippen molar-refractivity contribution < 1.29 is 22.5 Å². The van der Waals surface area contributed by atoms with Gasteiger partial charge in [0.2, 0.25) is 5.78 Å². The fraction of sp³-hybridized carbons (Fsp3) is 0. The highest BCUT2D eigenvalue weighted by Crippen LogP contribution is 2.27. The normalized spacial score (nSPS) is 20.7. The van der Waals surface area contributed by atoms with Crippen molar-refractivity contribution in [2.24, 2.45) is 0 Å². The van der Waals surface area contributed by atoms with Crippen LogP contribution in [0.2, 0.25) is 0 Å². The lowest BCUT2D eigenvalue weighted by Gasteiger charge is -2.15. The molecular formula is C10H6O5S. The first-order valence-electron chi connectivity index (χ1n) is 4.28. The largest absolute Gasteiger partial charge is 0.375 e. The van der Waals surface area contributed by atoms with Crippen LogP contribution in [0.4, 0.5) is 0 Å². The summed E-state index contributed by atoms with van der Waals surface area (Å²) in [5.74, 6) is -0.936. The molecule has 0 aromatic heterocycles. The van der Waals surface area contributed by atoms with Gasteiger partial charge in [-0.3, -0.25) is 14.1 Å². The molecule has 0 saturated carbocycles. The van der Waals surface area contributed by atoms with Gasteiger partial charge in [0.25, 0.3) is 0 Å².